The van der Waals surface area contributed by atoms with E-state index in [9.17, 15) is 19.7 Å². The summed E-state index contributed by atoms with van der Waals surface area (Å²) in [6.45, 7) is 1.48. The highest BCUT2D eigenvalue weighted by Crippen LogP contribution is 2.23. The van der Waals surface area contributed by atoms with E-state index in [2.05, 4.69) is 5.32 Å². The number of benzene rings is 2. The first-order chi connectivity index (χ1) is 11.4. The number of anilines is 1. The van der Waals surface area contributed by atoms with Crippen molar-refractivity contribution in [3.05, 3.63) is 62.7 Å². The molecule has 0 aliphatic carbocycles. The number of nitrogens with zero attached hydrogens (tertiary/aromatic N) is 1. The minimum atomic E-state index is -0.620. The van der Waals surface area contributed by atoms with Crippen LogP contribution in [0.5, 0.6) is 5.75 Å². The lowest BCUT2D eigenvalue weighted by Gasteiger charge is -2.09. The predicted octanol–water partition coefficient (Wildman–Crippen LogP) is 3.39. The van der Waals surface area contributed by atoms with Crippen LogP contribution in [0.25, 0.3) is 0 Å². The zero-order valence-electron chi connectivity index (χ0n) is 12.6. The van der Waals surface area contributed by atoms with E-state index in [0.717, 1.165) is 11.6 Å². The van der Waals surface area contributed by atoms with Crippen molar-refractivity contribution in [1.29, 1.82) is 0 Å². The van der Waals surface area contributed by atoms with Crippen LogP contribution in [0.15, 0.2) is 36.4 Å². The number of hydrogen-bond donors (Lipinski definition) is 1. The van der Waals surface area contributed by atoms with Gasteiger partial charge in [0.1, 0.15) is 5.75 Å². The molecule has 2 aromatic carbocycles. The van der Waals surface area contributed by atoms with Gasteiger partial charge in [0.15, 0.2) is 12.9 Å². The van der Waals surface area contributed by atoms with Crippen LogP contribution in [0.4, 0.5) is 11.4 Å². The van der Waals surface area contributed by atoms with E-state index in [-0.39, 0.29) is 23.6 Å². The first-order valence-corrected chi connectivity index (χ1v) is 7.21. The molecule has 0 saturated carbocycles. The molecule has 0 aromatic heterocycles. The molecule has 2 rings (SSSR count). The Morgan fingerprint density at radius 3 is 2.71 bits per heavy atom. The van der Waals surface area contributed by atoms with E-state index >= 15 is 0 Å². The molecule has 0 heterocycles. The molecule has 0 aliphatic heterocycles. The van der Waals surface area contributed by atoms with E-state index in [4.69, 9.17) is 16.3 Å². The van der Waals surface area contributed by atoms with Crippen molar-refractivity contribution in [2.75, 3.05) is 11.9 Å². The molecule has 0 spiro atoms. The molecule has 0 saturated heterocycles. The van der Waals surface area contributed by atoms with Crippen molar-refractivity contribution >= 4 is 35.2 Å². The lowest BCUT2D eigenvalue weighted by Crippen LogP contribution is -2.20. The van der Waals surface area contributed by atoms with Gasteiger partial charge < -0.3 is 10.1 Å². The predicted molar refractivity (Wildman–Crippen MR) is 88.8 cm³/mol. The molecule has 0 atom stereocenters. The van der Waals surface area contributed by atoms with Crippen LogP contribution in [-0.4, -0.2) is 23.7 Å². The number of ether oxygens (including phenoxy) is 1. The van der Waals surface area contributed by atoms with Crippen molar-refractivity contribution in [1.82, 2.24) is 0 Å². The molecule has 1 amide bonds. The minimum Gasteiger partial charge on any atom is -0.483 e. The fourth-order valence-electron chi connectivity index (χ4n) is 1.88. The van der Waals surface area contributed by atoms with Gasteiger partial charge in [-0.2, -0.15) is 0 Å². The second-order valence-corrected chi connectivity index (χ2v) is 5.31. The third kappa shape index (κ3) is 4.30. The number of nitrogens with one attached hydrogen (secondary N) is 1. The molecule has 1 N–H and O–H groups in total. The maximum absolute atomic E-state index is 11.9. The summed E-state index contributed by atoms with van der Waals surface area (Å²) in [6, 6.07) is 8.62. The third-order valence-corrected chi connectivity index (χ3v) is 3.55. The molecule has 0 bridgehead atoms. The van der Waals surface area contributed by atoms with Crippen molar-refractivity contribution in [3.8, 4) is 5.75 Å². The lowest BCUT2D eigenvalue weighted by molar-refractivity contribution is -0.384. The van der Waals surface area contributed by atoms with Crippen LogP contribution in [-0.2, 0) is 4.79 Å². The molecule has 7 nitrogen and oxygen atoms in total. The normalized spacial score (nSPS) is 10.1. The van der Waals surface area contributed by atoms with Crippen LogP contribution in [0.2, 0.25) is 5.02 Å². The largest absolute Gasteiger partial charge is 0.483 e. The quantitative estimate of drug-likeness (QED) is 0.490. The summed E-state index contributed by atoms with van der Waals surface area (Å²) >= 11 is 5.97. The van der Waals surface area contributed by atoms with Gasteiger partial charge in [-0.15, -0.1) is 0 Å². The molecule has 0 fully saturated rings. The fourth-order valence-corrected chi connectivity index (χ4v) is 2.06. The average molecular weight is 349 g/mol. The monoisotopic (exact) mass is 348 g/mol. The molecule has 0 radical (unpaired) electrons. The van der Waals surface area contributed by atoms with E-state index in [1.807, 2.05) is 6.92 Å². The fraction of sp³-hybridized carbons (Fsp3) is 0.125. The maximum atomic E-state index is 11.9. The topological polar surface area (TPSA) is 98.5 Å². The highest BCUT2D eigenvalue weighted by molar-refractivity contribution is 6.31. The lowest BCUT2D eigenvalue weighted by atomic mass is 10.2. The summed E-state index contributed by atoms with van der Waals surface area (Å²) < 4.78 is 5.25. The van der Waals surface area contributed by atoms with Crippen LogP contribution in [0, 0.1) is 17.0 Å². The number of non-ortho nitro benzene ring substituents is 1. The molecular weight excluding hydrogens is 336 g/mol. The first-order valence-electron chi connectivity index (χ1n) is 6.83. The Labute approximate surface area is 142 Å². The number of halogens is 1. The van der Waals surface area contributed by atoms with Gasteiger partial charge in [-0.05, 0) is 30.7 Å². The van der Waals surface area contributed by atoms with Gasteiger partial charge in [-0.3, -0.25) is 19.7 Å². The number of amides is 1. The summed E-state index contributed by atoms with van der Waals surface area (Å²) in [5.74, 6) is -0.363. The van der Waals surface area contributed by atoms with E-state index in [0.29, 0.717) is 17.0 Å². The molecule has 2 aromatic rings. The Morgan fingerprint density at radius 2 is 2.08 bits per heavy atom. The first kappa shape index (κ1) is 17.4. The number of rotatable bonds is 6. The van der Waals surface area contributed by atoms with Gasteiger partial charge in [0.05, 0.1) is 10.5 Å². The van der Waals surface area contributed by atoms with E-state index < -0.39 is 10.8 Å². The Balaban J connectivity index is 2.02. The third-order valence-electron chi connectivity index (χ3n) is 3.15. The minimum absolute atomic E-state index is 0.00428. The van der Waals surface area contributed by atoms with Crippen molar-refractivity contribution < 1.29 is 19.2 Å². The van der Waals surface area contributed by atoms with Crippen molar-refractivity contribution in [2.24, 2.45) is 0 Å². The van der Waals surface area contributed by atoms with E-state index in [1.165, 1.54) is 12.1 Å². The summed E-state index contributed by atoms with van der Waals surface area (Å²) in [7, 11) is 0. The second kappa shape index (κ2) is 7.56. The standard InChI is InChI=1S/C16H13ClN2O5/c1-10-2-3-12(7-14(10)17)18-16(21)9-24-15-5-4-13(19(22)23)6-11(15)8-20/h2-8H,9H2,1H3,(H,18,21). The summed E-state index contributed by atoms with van der Waals surface area (Å²) in [5.41, 5.74) is 1.16. The Hall–Kier alpha value is -2.93. The van der Waals surface area contributed by atoms with Gasteiger partial charge in [0.25, 0.3) is 11.6 Å². The van der Waals surface area contributed by atoms with Gasteiger partial charge in [0, 0.05) is 22.8 Å². The number of nitro groups is 1. The van der Waals surface area contributed by atoms with Crippen LogP contribution in [0.1, 0.15) is 15.9 Å². The molecule has 8 heteroatoms. The van der Waals surface area contributed by atoms with Crippen molar-refractivity contribution in [3.63, 3.8) is 0 Å². The Morgan fingerprint density at radius 1 is 1.33 bits per heavy atom. The van der Waals surface area contributed by atoms with Gasteiger partial charge in [-0.25, -0.2) is 0 Å². The number of aryl methyl sites for hydroxylation is 1. The van der Waals surface area contributed by atoms with Gasteiger partial charge in [0.2, 0.25) is 0 Å². The number of nitro benzene ring substituents is 1. The smallest absolute Gasteiger partial charge is 0.270 e. The summed E-state index contributed by atoms with van der Waals surface area (Å²) in [5, 5.41) is 13.8. The molecular formula is C16H13ClN2O5. The highest BCUT2D eigenvalue weighted by Gasteiger charge is 2.13. The highest BCUT2D eigenvalue weighted by atomic mass is 35.5. The second-order valence-electron chi connectivity index (χ2n) is 4.90. The average Bonchev–Trinajstić information content (AvgIpc) is 2.56. The van der Waals surface area contributed by atoms with Crippen LogP contribution >= 0.6 is 11.6 Å². The van der Waals surface area contributed by atoms with E-state index in [1.54, 1.807) is 18.2 Å². The SMILES string of the molecule is Cc1ccc(NC(=O)COc2ccc([N+](=O)[O-])cc2C=O)cc1Cl. The molecule has 0 unspecified atom stereocenters. The Bertz CT molecular complexity index is 807. The van der Waals surface area contributed by atoms with Gasteiger partial charge >= 0.3 is 0 Å². The Kier molecular flexibility index (Phi) is 5.49. The molecule has 0 aliphatic rings. The number of aldehydes is 1. The molecule has 24 heavy (non-hydrogen) atoms. The molecule has 124 valence electrons. The summed E-state index contributed by atoms with van der Waals surface area (Å²) in [6.07, 6.45) is 0.431. The number of carbonyl (C=O) groups excluding carboxylic acids is 2. The number of hydrogen-bond acceptors (Lipinski definition) is 5. The van der Waals surface area contributed by atoms with Crippen LogP contribution in [0.3, 0.4) is 0 Å². The van der Waals surface area contributed by atoms with Gasteiger partial charge in [-0.1, -0.05) is 17.7 Å². The number of carbonyl (C=O) groups is 2. The summed E-state index contributed by atoms with van der Waals surface area (Å²) in [4.78, 5) is 32.9. The zero-order chi connectivity index (χ0) is 17.7. The maximum Gasteiger partial charge on any atom is 0.270 e. The van der Waals surface area contributed by atoms with Crippen LogP contribution < -0.4 is 10.1 Å². The zero-order valence-corrected chi connectivity index (χ0v) is 13.4. The van der Waals surface area contributed by atoms with Crippen molar-refractivity contribution in [2.45, 2.75) is 6.92 Å².